The van der Waals surface area contributed by atoms with Crippen LogP contribution in [0.1, 0.15) is 51.0 Å². The first-order valence-corrected chi connectivity index (χ1v) is 8.63. The Morgan fingerprint density at radius 2 is 1.65 bits per heavy atom. The van der Waals surface area contributed by atoms with Crippen LogP contribution in [0.5, 0.6) is 0 Å². The second-order valence-corrected chi connectivity index (χ2v) is 6.53. The lowest BCUT2D eigenvalue weighted by Gasteiger charge is -2.31. The zero-order valence-electron chi connectivity index (χ0n) is 14.3. The maximum Gasteiger partial charge on any atom is 0.242 e. The van der Waals surface area contributed by atoms with Crippen molar-refractivity contribution in [1.82, 2.24) is 9.80 Å². The lowest BCUT2D eigenvalue weighted by atomic mass is 10.1. The van der Waals surface area contributed by atoms with Crippen LogP contribution in [0.4, 0.5) is 0 Å². The molecule has 2 amide bonds. The normalized spacial score (nSPS) is 15.7. The molecule has 0 saturated heterocycles. The highest BCUT2D eigenvalue weighted by atomic mass is 16.2. The zero-order valence-corrected chi connectivity index (χ0v) is 14.3. The highest BCUT2D eigenvalue weighted by Gasteiger charge is 2.25. The van der Waals surface area contributed by atoms with Gasteiger partial charge in [-0.25, -0.2) is 0 Å². The maximum absolute atomic E-state index is 12.5. The third-order valence-corrected chi connectivity index (χ3v) is 4.66. The molecule has 1 saturated carbocycles. The van der Waals surface area contributed by atoms with Crippen LogP contribution in [0.2, 0.25) is 0 Å². The van der Waals surface area contributed by atoms with Gasteiger partial charge in [0.15, 0.2) is 0 Å². The lowest BCUT2D eigenvalue weighted by molar-refractivity contribution is -0.141. The molecule has 0 spiro atoms. The second kappa shape index (κ2) is 8.70. The third-order valence-electron chi connectivity index (χ3n) is 4.66. The van der Waals surface area contributed by atoms with Crippen molar-refractivity contribution in [3.05, 3.63) is 35.9 Å². The summed E-state index contributed by atoms with van der Waals surface area (Å²) in [6, 6.07) is 10.2. The highest BCUT2D eigenvalue weighted by Crippen LogP contribution is 2.22. The molecule has 0 N–H and O–H groups in total. The summed E-state index contributed by atoms with van der Waals surface area (Å²) in [6.07, 6.45) is 6.84. The summed E-state index contributed by atoms with van der Waals surface area (Å²) < 4.78 is 0. The fourth-order valence-electron chi connectivity index (χ4n) is 3.28. The molecule has 0 atom stereocenters. The average Bonchev–Trinajstić information content (AvgIpc) is 2.82. The molecule has 0 bridgehead atoms. The summed E-state index contributed by atoms with van der Waals surface area (Å²) in [5.41, 5.74) is 1.10. The van der Waals surface area contributed by atoms with Crippen molar-refractivity contribution >= 4 is 11.8 Å². The third kappa shape index (κ3) is 5.38. The van der Waals surface area contributed by atoms with Gasteiger partial charge in [0, 0.05) is 26.6 Å². The number of rotatable bonds is 5. The second-order valence-electron chi connectivity index (χ2n) is 6.53. The highest BCUT2D eigenvalue weighted by molar-refractivity contribution is 5.83. The standard InChI is InChI=1S/C19H28N2O2/c1-16(22)21(18-12-8-3-4-9-13-18)15-19(23)20(2)14-17-10-6-5-7-11-17/h5-7,10-11,18H,3-4,8-9,12-15H2,1-2H3. The van der Waals surface area contributed by atoms with E-state index in [1.807, 2.05) is 30.3 Å². The molecule has 0 aliphatic heterocycles. The van der Waals surface area contributed by atoms with Crippen LogP contribution < -0.4 is 0 Å². The summed E-state index contributed by atoms with van der Waals surface area (Å²) >= 11 is 0. The van der Waals surface area contributed by atoms with Gasteiger partial charge in [0.1, 0.15) is 0 Å². The number of carbonyl (C=O) groups is 2. The molecule has 4 nitrogen and oxygen atoms in total. The van der Waals surface area contributed by atoms with Crippen LogP contribution in [-0.2, 0) is 16.1 Å². The van der Waals surface area contributed by atoms with Crippen LogP contribution in [0.3, 0.4) is 0 Å². The molecule has 1 fully saturated rings. The van der Waals surface area contributed by atoms with Gasteiger partial charge in [-0.3, -0.25) is 9.59 Å². The summed E-state index contributed by atoms with van der Waals surface area (Å²) in [6.45, 7) is 2.36. The van der Waals surface area contributed by atoms with E-state index >= 15 is 0 Å². The summed E-state index contributed by atoms with van der Waals surface area (Å²) in [4.78, 5) is 28.0. The van der Waals surface area contributed by atoms with Crippen LogP contribution in [0, 0.1) is 0 Å². The van der Waals surface area contributed by atoms with E-state index in [0.717, 1.165) is 31.2 Å². The van der Waals surface area contributed by atoms with E-state index in [2.05, 4.69) is 0 Å². The molecular formula is C19H28N2O2. The van der Waals surface area contributed by atoms with E-state index in [1.165, 1.54) is 12.8 Å². The van der Waals surface area contributed by atoms with Gasteiger partial charge in [-0.2, -0.15) is 0 Å². The average molecular weight is 316 g/mol. The Labute approximate surface area is 139 Å². The molecule has 1 aliphatic carbocycles. The molecule has 0 heterocycles. The molecule has 1 aromatic rings. The van der Waals surface area contributed by atoms with Crippen molar-refractivity contribution in [2.45, 2.75) is 58.0 Å². The first-order chi connectivity index (χ1) is 11.1. The Hall–Kier alpha value is -1.84. The zero-order chi connectivity index (χ0) is 16.7. The number of nitrogens with zero attached hydrogens (tertiary/aromatic N) is 2. The first kappa shape index (κ1) is 17.5. The smallest absolute Gasteiger partial charge is 0.242 e. The summed E-state index contributed by atoms with van der Waals surface area (Å²) in [5, 5.41) is 0. The summed E-state index contributed by atoms with van der Waals surface area (Å²) in [5.74, 6) is 0.0201. The van der Waals surface area contributed by atoms with Gasteiger partial charge >= 0.3 is 0 Å². The van der Waals surface area contributed by atoms with Gasteiger partial charge in [-0.15, -0.1) is 0 Å². The quantitative estimate of drug-likeness (QED) is 0.783. The van der Waals surface area contributed by atoms with Gasteiger partial charge in [-0.05, 0) is 18.4 Å². The summed E-state index contributed by atoms with van der Waals surface area (Å²) in [7, 11) is 1.81. The predicted octanol–water partition coefficient (Wildman–Crippen LogP) is 3.22. The Morgan fingerprint density at radius 1 is 1.04 bits per heavy atom. The van der Waals surface area contributed by atoms with E-state index in [0.29, 0.717) is 6.54 Å². The van der Waals surface area contributed by atoms with E-state index in [4.69, 9.17) is 0 Å². The molecule has 126 valence electrons. The van der Waals surface area contributed by atoms with Crippen molar-refractivity contribution < 1.29 is 9.59 Å². The molecule has 23 heavy (non-hydrogen) atoms. The minimum atomic E-state index is 0.00769. The Balaban J connectivity index is 1.95. The van der Waals surface area contributed by atoms with Crippen LogP contribution in [-0.4, -0.2) is 41.2 Å². The van der Waals surface area contributed by atoms with Crippen LogP contribution in [0.15, 0.2) is 30.3 Å². The molecule has 1 aromatic carbocycles. The van der Waals surface area contributed by atoms with Gasteiger partial charge in [-0.1, -0.05) is 56.0 Å². The van der Waals surface area contributed by atoms with Crippen molar-refractivity contribution in [2.75, 3.05) is 13.6 Å². The monoisotopic (exact) mass is 316 g/mol. The topological polar surface area (TPSA) is 40.6 Å². The predicted molar refractivity (Wildman–Crippen MR) is 91.8 cm³/mol. The number of carbonyl (C=O) groups excluding carboxylic acids is 2. The first-order valence-electron chi connectivity index (χ1n) is 8.63. The lowest BCUT2D eigenvalue weighted by Crippen LogP contribution is -2.45. The number of hydrogen-bond acceptors (Lipinski definition) is 2. The van der Waals surface area contributed by atoms with Gasteiger partial charge in [0.25, 0.3) is 0 Å². The SMILES string of the molecule is CC(=O)N(CC(=O)N(C)Cc1ccccc1)C1CCCCCC1. The minimum absolute atomic E-state index is 0.00769. The van der Waals surface area contributed by atoms with Crippen molar-refractivity contribution in [3.63, 3.8) is 0 Å². The van der Waals surface area contributed by atoms with E-state index in [1.54, 1.807) is 23.8 Å². The Morgan fingerprint density at radius 3 is 2.22 bits per heavy atom. The van der Waals surface area contributed by atoms with E-state index < -0.39 is 0 Å². The molecule has 1 aliphatic rings. The molecule has 4 heteroatoms. The molecular weight excluding hydrogens is 288 g/mol. The van der Waals surface area contributed by atoms with Crippen molar-refractivity contribution in [1.29, 1.82) is 0 Å². The largest absolute Gasteiger partial charge is 0.340 e. The molecule has 0 unspecified atom stereocenters. The fraction of sp³-hybridized carbons (Fsp3) is 0.579. The Bertz CT molecular complexity index is 507. The molecule has 2 rings (SSSR count). The number of amides is 2. The van der Waals surface area contributed by atoms with Gasteiger partial charge in [0.05, 0.1) is 6.54 Å². The maximum atomic E-state index is 12.5. The van der Waals surface area contributed by atoms with E-state index in [9.17, 15) is 9.59 Å². The van der Waals surface area contributed by atoms with E-state index in [-0.39, 0.29) is 24.4 Å². The fourth-order valence-corrected chi connectivity index (χ4v) is 3.28. The Kier molecular flexibility index (Phi) is 6.63. The van der Waals surface area contributed by atoms with Crippen molar-refractivity contribution in [2.24, 2.45) is 0 Å². The van der Waals surface area contributed by atoms with Gasteiger partial charge < -0.3 is 9.80 Å². The van der Waals surface area contributed by atoms with Crippen molar-refractivity contribution in [3.8, 4) is 0 Å². The minimum Gasteiger partial charge on any atom is -0.340 e. The number of hydrogen-bond donors (Lipinski definition) is 0. The van der Waals surface area contributed by atoms with Crippen LogP contribution >= 0.6 is 0 Å². The molecule has 0 aromatic heterocycles. The number of benzene rings is 1. The molecule has 0 radical (unpaired) electrons. The van der Waals surface area contributed by atoms with Gasteiger partial charge in [0.2, 0.25) is 11.8 Å². The van der Waals surface area contributed by atoms with Crippen LogP contribution in [0.25, 0.3) is 0 Å². The number of likely N-dealkylation sites (N-methyl/N-ethyl adjacent to an activating group) is 1.